The lowest BCUT2D eigenvalue weighted by atomic mass is 9.96. The smallest absolute Gasteiger partial charge is 0.416 e. The first-order valence-electron chi connectivity index (χ1n) is 8.61. The molecule has 1 aliphatic rings. The quantitative estimate of drug-likeness (QED) is 0.876. The molecule has 1 N–H and O–H groups in total. The number of carbonyl (C=O) groups is 2. The van der Waals surface area contributed by atoms with Crippen molar-refractivity contribution in [3.8, 4) is 0 Å². The average Bonchev–Trinajstić information content (AvgIpc) is 2.61. The van der Waals surface area contributed by atoms with Crippen molar-refractivity contribution in [2.45, 2.75) is 38.9 Å². The zero-order valence-corrected chi connectivity index (χ0v) is 14.8. The van der Waals surface area contributed by atoms with E-state index in [2.05, 4.69) is 5.32 Å². The summed E-state index contributed by atoms with van der Waals surface area (Å²) in [7, 11) is 0. The van der Waals surface area contributed by atoms with Gasteiger partial charge >= 0.3 is 12.3 Å². The van der Waals surface area contributed by atoms with Gasteiger partial charge in [-0.2, -0.15) is 13.2 Å². The van der Waals surface area contributed by atoms with Crippen LogP contribution in [0.25, 0.3) is 0 Å². The molecular weight excluding hydrogens is 349 g/mol. The molecule has 1 heterocycles. The molecule has 1 aliphatic heterocycles. The Kier molecular flexibility index (Phi) is 6.50. The molecule has 2 amide bonds. The van der Waals surface area contributed by atoms with Crippen LogP contribution in [0.5, 0.6) is 0 Å². The van der Waals surface area contributed by atoms with Crippen molar-refractivity contribution < 1.29 is 27.5 Å². The lowest BCUT2D eigenvalue weighted by Gasteiger charge is -2.31. The standard InChI is InChI=1S/C18H23F3N2O3/c1-3-26-17(25)23-9-5-7-14(11-23)16(24)22-12(2)13-6-4-8-15(10-13)18(19,20)21/h4,6,8,10,12,14H,3,5,7,9,11H2,1-2H3,(H,22,24). The number of alkyl halides is 3. The van der Waals surface area contributed by atoms with Gasteiger partial charge in [-0.05, 0) is 44.4 Å². The van der Waals surface area contributed by atoms with E-state index in [1.165, 1.54) is 11.0 Å². The number of halogens is 3. The third kappa shape index (κ3) is 5.12. The van der Waals surface area contributed by atoms with Crippen molar-refractivity contribution in [2.24, 2.45) is 5.92 Å². The van der Waals surface area contributed by atoms with Gasteiger partial charge in [0, 0.05) is 13.1 Å². The summed E-state index contributed by atoms with van der Waals surface area (Å²) < 4.78 is 43.4. The predicted molar refractivity (Wildman–Crippen MR) is 89.3 cm³/mol. The first-order valence-corrected chi connectivity index (χ1v) is 8.61. The number of hydrogen-bond acceptors (Lipinski definition) is 3. The Labute approximate surface area is 150 Å². The molecule has 1 aromatic carbocycles. The zero-order valence-electron chi connectivity index (χ0n) is 14.8. The highest BCUT2D eigenvalue weighted by atomic mass is 19.4. The maximum absolute atomic E-state index is 12.8. The summed E-state index contributed by atoms with van der Waals surface area (Å²) in [5, 5.41) is 2.75. The fourth-order valence-electron chi connectivity index (χ4n) is 2.97. The third-order valence-electron chi connectivity index (χ3n) is 4.39. The van der Waals surface area contributed by atoms with Gasteiger partial charge in [-0.3, -0.25) is 4.79 Å². The number of rotatable bonds is 4. The molecule has 26 heavy (non-hydrogen) atoms. The molecule has 0 spiro atoms. The number of amides is 2. The summed E-state index contributed by atoms with van der Waals surface area (Å²) in [6, 6.07) is 4.34. The molecule has 8 heteroatoms. The lowest BCUT2D eigenvalue weighted by molar-refractivity contribution is -0.137. The van der Waals surface area contributed by atoms with Crippen molar-refractivity contribution in [3.63, 3.8) is 0 Å². The Morgan fingerprint density at radius 3 is 2.77 bits per heavy atom. The van der Waals surface area contributed by atoms with Crippen molar-refractivity contribution >= 4 is 12.0 Å². The molecule has 0 radical (unpaired) electrons. The van der Waals surface area contributed by atoms with Crippen LogP contribution in [0.3, 0.4) is 0 Å². The van der Waals surface area contributed by atoms with E-state index in [-0.39, 0.29) is 19.1 Å². The molecule has 5 nitrogen and oxygen atoms in total. The van der Waals surface area contributed by atoms with Gasteiger partial charge in [-0.15, -0.1) is 0 Å². The van der Waals surface area contributed by atoms with E-state index in [4.69, 9.17) is 4.74 Å². The van der Waals surface area contributed by atoms with Gasteiger partial charge in [0.2, 0.25) is 5.91 Å². The van der Waals surface area contributed by atoms with Crippen LogP contribution in [0.2, 0.25) is 0 Å². The molecule has 2 unspecified atom stereocenters. The predicted octanol–water partition coefficient (Wildman–Crippen LogP) is 3.75. The molecule has 0 aliphatic carbocycles. The van der Waals surface area contributed by atoms with Gasteiger partial charge in [0.15, 0.2) is 0 Å². The van der Waals surface area contributed by atoms with Crippen LogP contribution in [0.1, 0.15) is 43.9 Å². The minimum absolute atomic E-state index is 0.250. The zero-order chi connectivity index (χ0) is 19.3. The second-order valence-electron chi connectivity index (χ2n) is 6.34. The Bertz CT molecular complexity index is 649. The van der Waals surface area contributed by atoms with Crippen LogP contribution < -0.4 is 5.32 Å². The number of likely N-dealkylation sites (tertiary alicyclic amines) is 1. The summed E-state index contributed by atoms with van der Waals surface area (Å²) >= 11 is 0. The summed E-state index contributed by atoms with van der Waals surface area (Å²) in [6.07, 6.45) is -3.58. The van der Waals surface area contributed by atoms with E-state index in [9.17, 15) is 22.8 Å². The van der Waals surface area contributed by atoms with Gasteiger partial charge in [-0.25, -0.2) is 4.79 Å². The van der Waals surface area contributed by atoms with E-state index >= 15 is 0 Å². The van der Waals surface area contributed by atoms with Crippen molar-refractivity contribution in [2.75, 3.05) is 19.7 Å². The van der Waals surface area contributed by atoms with Gasteiger partial charge in [0.1, 0.15) is 0 Å². The van der Waals surface area contributed by atoms with Gasteiger partial charge in [-0.1, -0.05) is 12.1 Å². The summed E-state index contributed by atoms with van der Waals surface area (Å²) in [4.78, 5) is 25.8. The maximum atomic E-state index is 12.8. The topological polar surface area (TPSA) is 58.6 Å². The number of nitrogens with zero attached hydrogens (tertiary/aromatic N) is 1. The second-order valence-corrected chi connectivity index (χ2v) is 6.34. The number of nitrogens with one attached hydrogen (secondary N) is 1. The SMILES string of the molecule is CCOC(=O)N1CCCC(C(=O)NC(C)c2cccc(C(F)(F)F)c2)C1. The van der Waals surface area contributed by atoms with Crippen molar-refractivity contribution in [1.29, 1.82) is 0 Å². The number of hydrogen-bond donors (Lipinski definition) is 1. The van der Waals surface area contributed by atoms with Crippen LogP contribution in [0.15, 0.2) is 24.3 Å². The van der Waals surface area contributed by atoms with Crippen LogP contribution in [-0.4, -0.2) is 36.6 Å². The maximum Gasteiger partial charge on any atom is 0.416 e. The normalized spacial score (nSPS) is 19.0. The Balaban J connectivity index is 1.99. The minimum Gasteiger partial charge on any atom is -0.450 e. The van der Waals surface area contributed by atoms with Crippen LogP contribution in [0.4, 0.5) is 18.0 Å². The molecule has 1 fully saturated rings. The molecule has 0 saturated carbocycles. The molecule has 2 rings (SSSR count). The van der Waals surface area contributed by atoms with Crippen LogP contribution in [-0.2, 0) is 15.7 Å². The Hall–Kier alpha value is -2.25. The van der Waals surface area contributed by atoms with Gasteiger partial charge in [0.05, 0.1) is 24.1 Å². The number of carbonyl (C=O) groups excluding carboxylic acids is 2. The lowest BCUT2D eigenvalue weighted by Crippen LogP contribution is -2.46. The molecule has 0 bridgehead atoms. The fourth-order valence-corrected chi connectivity index (χ4v) is 2.97. The van der Waals surface area contributed by atoms with Crippen molar-refractivity contribution in [3.05, 3.63) is 35.4 Å². The van der Waals surface area contributed by atoms with E-state index in [0.29, 0.717) is 24.9 Å². The molecule has 2 atom stereocenters. The van der Waals surface area contributed by atoms with Crippen LogP contribution >= 0.6 is 0 Å². The molecule has 1 aromatic rings. The fraction of sp³-hybridized carbons (Fsp3) is 0.556. The highest BCUT2D eigenvalue weighted by Gasteiger charge is 2.32. The minimum atomic E-state index is -4.43. The summed E-state index contributed by atoms with van der Waals surface area (Å²) in [5.41, 5.74) is -0.367. The number of ether oxygens (including phenoxy) is 1. The third-order valence-corrected chi connectivity index (χ3v) is 4.39. The number of piperidine rings is 1. The average molecular weight is 372 g/mol. The highest BCUT2D eigenvalue weighted by molar-refractivity contribution is 5.80. The summed E-state index contributed by atoms with van der Waals surface area (Å²) in [5.74, 6) is -0.676. The van der Waals surface area contributed by atoms with E-state index in [1.807, 2.05) is 0 Å². The van der Waals surface area contributed by atoms with E-state index < -0.39 is 29.8 Å². The van der Waals surface area contributed by atoms with E-state index in [1.54, 1.807) is 19.9 Å². The van der Waals surface area contributed by atoms with Gasteiger partial charge < -0.3 is 15.0 Å². The second kappa shape index (κ2) is 8.42. The molecule has 0 aromatic heterocycles. The van der Waals surface area contributed by atoms with Crippen molar-refractivity contribution in [1.82, 2.24) is 10.2 Å². The first-order chi connectivity index (χ1) is 12.2. The molecular formula is C18H23F3N2O3. The largest absolute Gasteiger partial charge is 0.450 e. The Morgan fingerprint density at radius 1 is 1.38 bits per heavy atom. The van der Waals surface area contributed by atoms with E-state index in [0.717, 1.165) is 12.1 Å². The van der Waals surface area contributed by atoms with Crippen LogP contribution in [0, 0.1) is 5.92 Å². The molecule has 1 saturated heterocycles. The first kappa shape index (κ1) is 20.1. The summed E-state index contributed by atoms with van der Waals surface area (Å²) in [6.45, 7) is 4.40. The monoisotopic (exact) mass is 372 g/mol. The Morgan fingerprint density at radius 2 is 2.12 bits per heavy atom. The highest BCUT2D eigenvalue weighted by Crippen LogP contribution is 2.30. The van der Waals surface area contributed by atoms with Gasteiger partial charge in [0.25, 0.3) is 0 Å². The molecule has 144 valence electrons. The number of benzene rings is 1.